The first kappa shape index (κ1) is 19.2. The highest BCUT2D eigenvalue weighted by molar-refractivity contribution is 7.92. The van der Waals surface area contributed by atoms with Gasteiger partial charge >= 0.3 is 0 Å². The van der Waals surface area contributed by atoms with Crippen molar-refractivity contribution >= 4 is 37.7 Å². The number of nitrogens with one attached hydrogen (secondary N) is 1. The molecule has 0 fully saturated rings. The number of hydrogen-bond acceptors (Lipinski definition) is 6. The summed E-state index contributed by atoms with van der Waals surface area (Å²) < 4.78 is 28.7. The fraction of sp³-hybridized carbons (Fsp3) is 0.100. The molecule has 0 bridgehead atoms. The highest BCUT2D eigenvalue weighted by Gasteiger charge is 2.21. The van der Waals surface area contributed by atoms with E-state index in [9.17, 15) is 13.2 Å². The van der Waals surface area contributed by atoms with Gasteiger partial charge < -0.3 is 5.32 Å². The number of sulfonamides is 1. The molecule has 148 valence electrons. The van der Waals surface area contributed by atoms with Gasteiger partial charge in [0, 0.05) is 30.4 Å². The van der Waals surface area contributed by atoms with Crippen LogP contribution in [0.25, 0.3) is 4.96 Å². The third kappa shape index (κ3) is 3.87. The molecule has 0 radical (unpaired) electrons. The lowest BCUT2D eigenvalue weighted by Gasteiger charge is -2.20. The molecule has 0 aliphatic carbocycles. The molecule has 4 rings (SSSR count). The Morgan fingerprint density at radius 1 is 1.10 bits per heavy atom. The smallest absolute Gasteiger partial charge is 0.264 e. The van der Waals surface area contributed by atoms with Crippen molar-refractivity contribution in [1.29, 1.82) is 0 Å². The van der Waals surface area contributed by atoms with Gasteiger partial charge in [0.25, 0.3) is 15.6 Å². The Kier molecular flexibility index (Phi) is 5.08. The summed E-state index contributed by atoms with van der Waals surface area (Å²) in [5.41, 5.74) is 1.65. The number of rotatable bonds is 6. The molecule has 0 saturated heterocycles. The van der Waals surface area contributed by atoms with E-state index in [1.54, 1.807) is 60.1 Å². The number of nitrogens with zero attached hydrogens (tertiary/aromatic N) is 3. The van der Waals surface area contributed by atoms with Crippen LogP contribution in [-0.4, -0.2) is 24.9 Å². The quantitative estimate of drug-likeness (QED) is 0.512. The molecule has 2 aromatic carbocycles. The Hall–Kier alpha value is -3.17. The molecule has 4 aromatic rings. The Morgan fingerprint density at radius 3 is 2.69 bits per heavy atom. The molecule has 1 N–H and O–H groups in total. The summed E-state index contributed by atoms with van der Waals surface area (Å²) in [5, 5.41) is 4.95. The first-order valence-electron chi connectivity index (χ1n) is 8.79. The van der Waals surface area contributed by atoms with E-state index in [1.165, 1.54) is 33.2 Å². The van der Waals surface area contributed by atoms with Crippen molar-refractivity contribution in [3.8, 4) is 0 Å². The number of fused-ring (bicyclic) bond motifs is 1. The normalized spacial score (nSPS) is 11.5. The van der Waals surface area contributed by atoms with Crippen molar-refractivity contribution < 1.29 is 8.42 Å². The largest absolute Gasteiger partial charge is 0.379 e. The molecule has 0 atom stereocenters. The molecular weight excluding hydrogens is 408 g/mol. The minimum absolute atomic E-state index is 0.145. The highest BCUT2D eigenvalue weighted by atomic mass is 32.2. The summed E-state index contributed by atoms with van der Waals surface area (Å²) in [5.74, 6) is 0. The van der Waals surface area contributed by atoms with Crippen LogP contribution in [0.1, 0.15) is 5.69 Å². The fourth-order valence-corrected chi connectivity index (χ4v) is 4.85. The van der Waals surface area contributed by atoms with Gasteiger partial charge in [-0.25, -0.2) is 13.4 Å². The Morgan fingerprint density at radius 2 is 1.90 bits per heavy atom. The van der Waals surface area contributed by atoms with Crippen LogP contribution >= 0.6 is 11.3 Å². The number of anilines is 2. The number of hydrogen-bond donors (Lipinski definition) is 1. The summed E-state index contributed by atoms with van der Waals surface area (Å²) in [7, 11) is -2.17. The van der Waals surface area contributed by atoms with E-state index >= 15 is 0 Å². The van der Waals surface area contributed by atoms with Crippen LogP contribution in [0.3, 0.4) is 0 Å². The summed E-state index contributed by atoms with van der Waals surface area (Å²) in [6.07, 6.45) is 1.68. The molecule has 0 saturated carbocycles. The lowest BCUT2D eigenvalue weighted by molar-refractivity contribution is 0.594. The SMILES string of the molecule is CN(c1ccccc1)S(=O)(=O)c1cccc(NCc2cc(=O)n3ccsc3n2)c1. The third-order valence-electron chi connectivity index (χ3n) is 4.44. The lowest BCUT2D eigenvalue weighted by Crippen LogP contribution is -2.26. The maximum absolute atomic E-state index is 13.0. The van der Waals surface area contributed by atoms with E-state index in [0.717, 1.165) is 0 Å². The third-order valence-corrected chi connectivity index (χ3v) is 6.98. The van der Waals surface area contributed by atoms with Crippen molar-refractivity contribution in [3.05, 3.63) is 88.3 Å². The van der Waals surface area contributed by atoms with Crippen molar-refractivity contribution in [2.45, 2.75) is 11.4 Å². The second kappa shape index (κ2) is 7.69. The fourth-order valence-electron chi connectivity index (χ4n) is 2.87. The Labute approximate surface area is 171 Å². The molecule has 29 heavy (non-hydrogen) atoms. The Balaban J connectivity index is 1.56. The summed E-state index contributed by atoms with van der Waals surface area (Å²) in [6.45, 7) is 0.307. The molecule has 9 heteroatoms. The van der Waals surface area contributed by atoms with E-state index in [2.05, 4.69) is 10.3 Å². The summed E-state index contributed by atoms with van der Waals surface area (Å²) >= 11 is 1.38. The molecule has 0 spiro atoms. The molecule has 2 heterocycles. The predicted molar refractivity (Wildman–Crippen MR) is 115 cm³/mol. The van der Waals surface area contributed by atoms with Crippen molar-refractivity contribution in [1.82, 2.24) is 9.38 Å². The maximum Gasteiger partial charge on any atom is 0.264 e. The average Bonchev–Trinajstić information content (AvgIpc) is 3.22. The van der Waals surface area contributed by atoms with Crippen LogP contribution in [0.4, 0.5) is 11.4 Å². The van der Waals surface area contributed by atoms with E-state index in [4.69, 9.17) is 0 Å². The summed E-state index contributed by atoms with van der Waals surface area (Å²) in [4.78, 5) is 17.3. The van der Waals surface area contributed by atoms with Crippen LogP contribution in [-0.2, 0) is 16.6 Å². The van der Waals surface area contributed by atoms with E-state index in [-0.39, 0.29) is 10.5 Å². The van der Waals surface area contributed by atoms with Crippen molar-refractivity contribution in [2.24, 2.45) is 0 Å². The van der Waals surface area contributed by atoms with Crippen LogP contribution in [0.5, 0.6) is 0 Å². The number of thiazole rings is 1. The first-order valence-corrected chi connectivity index (χ1v) is 11.1. The van der Waals surface area contributed by atoms with E-state index in [1.807, 2.05) is 6.07 Å². The topological polar surface area (TPSA) is 83.8 Å². The number of aromatic nitrogens is 2. The predicted octanol–water partition coefficient (Wildman–Crippen LogP) is 3.19. The van der Waals surface area contributed by atoms with Crippen LogP contribution in [0, 0.1) is 0 Å². The summed E-state index contributed by atoms with van der Waals surface area (Å²) in [6, 6.07) is 17.0. The van der Waals surface area contributed by atoms with Gasteiger partial charge in [0.05, 0.1) is 22.8 Å². The van der Waals surface area contributed by atoms with Gasteiger partial charge in [0.1, 0.15) is 0 Å². The van der Waals surface area contributed by atoms with Crippen LogP contribution in [0.2, 0.25) is 0 Å². The van der Waals surface area contributed by atoms with Gasteiger partial charge in [-0.1, -0.05) is 24.3 Å². The number of benzene rings is 2. The Bertz CT molecular complexity index is 1310. The minimum Gasteiger partial charge on any atom is -0.379 e. The zero-order valence-electron chi connectivity index (χ0n) is 15.5. The van der Waals surface area contributed by atoms with Gasteiger partial charge in [0.2, 0.25) is 0 Å². The van der Waals surface area contributed by atoms with E-state index in [0.29, 0.717) is 28.6 Å². The molecular formula is C20H18N4O3S2. The number of para-hydroxylation sites is 1. The first-order chi connectivity index (χ1) is 13.9. The lowest BCUT2D eigenvalue weighted by atomic mass is 10.3. The standard InChI is InChI=1S/C20H18N4O3S2/c1-23(17-7-3-2-4-8-17)29(26,27)18-9-5-6-15(12-18)21-14-16-13-19(25)24-10-11-28-20(24)22-16/h2-13,21H,14H2,1H3. The minimum atomic E-state index is -3.70. The van der Waals surface area contributed by atoms with Gasteiger partial charge in [-0.05, 0) is 30.3 Å². The maximum atomic E-state index is 13.0. The second-order valence-corrected chi connectivity index (χ2v) is 9.17. The average molecular weight is 427 g/mol. The van der Waals surface area contributed by atoms with Crippen molar-refractivity contribution in [3.63, 3.8) is 0 Å². The zero-order valence-corrected chi connectivity index (χ0v) is 17.2. The van der Waals surface area contributed by atoms with Gasteiger partial charge in [-0.2, -0.15) is 0 Å². The monoisotopic (exact) mass is 426 g/mol. The van der Waals surface area contributed by atoms with E-state index < -0.39 is 10.0 Å². The van der Waals surface area contributed by atoms with Crippen LogP contribution in [0.15, 0.2) is 81.9 Å². The second-order valence-electron chi connectivity index (χ2n) is 6.33. The molecule has 0 amide bonds. The van der Waals surface area contributed by atoms with Gasteiger partial charge in [-0.15, -0.1) is 11.3 Å². The molecule has 0 aliphatic heterocycles. The molecule has 0 unspecified atom stereocenters. The van der Waals surface area contributed by atoms with Gasteiger partial charge in [-0.3, -0.25) is 13.5 Å². The molecule has 2 aromatic heterocycles. The van der Waals surface area contributed by atoms with Crippen LogP contribution < -0.4 is 15.2 Å². The zero-order chi connectivity index (χ0) is 20.4. The highest BCUT2D eigenvalue weighted by Crippen LogP contribution is 2.23. The van der Waals surface area contributed by atoms with Crippen molar-refractivity contribution in [2.75, 3.05) is 16.7 Å². The molecule has 7 nitrogen and oxygen atoms in total. The molecule has 0 aliphatic rings. The van der Waals surface area contributed by atoms with Gasteiger partial charge in [0.15, 0.2) is 4.96 Å².